The van der Waals surface area contributed by atoms with E-state index in [1.807, 2.05) is 17.1 Å². The lowest BCUT2D eigenvalue weighted by atomic mass is 10.4. The van der Waals surface area contributed by atoms with Crippen molar-refractivity contribution in [3.63, 3.8) is 0 Å². The molecule has 0 aliphatic heterocycles. The van der Waals surface area contributed by atoms with Crippen molar-refractivity contribution < 1.29 is 0 Å². The molecule has 0 unspecified atom stereocenters. The number of aromatic nitrogens is 5. The monoisotopic (exact) mass is 249 g/mol. The van der Waals surface area contributed by atoms with Crippen LogP contribution in [0.4, 0.5) is 0 Å². The number of nitrogens with zero attached hydrogens (tertiary/aromatic N) is 5. The lowest BCUT2D eigenvalue weighted by molar-refractivity contribution is 0.544. The van der Waals surface area contributed by atoms with Gasteiger partial charge < -0.3 is 0 Å². The maximum atomic E-state index is 12.0. The minimum Gasteiger partial charge on any atom is -0.299 e. The fourth-order valence-electron chi connectivity index (χ4n) is 1.95. The topological polar surface area (TPSA) is 57.6 Å². The van der Waals surface area contributed by atoms with Crippen LogP contribution in [0, 0.1) is 0 Å². The molecule has 0 spiro atoms. The summed E-state index contributed by atoms with van der Waals surface area (Å²) in [6, 6.07) is 0. The lowest BCUT2D eigenvalue weighted by Gasteiger charge is -2.04. The second kappa shape index (κ2) is 5.66. The van der Waals surface area contributed by atoms with E-state index < -0.39 is 0 Å². The first-order chi connectivity index (χ1) is 8.76. The van der Waals surface area contributed by atoms with Crippen molar-refractivity contribution in [3.05, 3.63) is 35.0 Å². The van der Waals surface area contributed by atoms with Gasteiger partial charge in [0.05, 0.1) is 6.54 Å². The van der Waals surface area contributed by atoms with E-state index in [0.29, 0.717) is 6.54 Å². The molecule has 0 aliphatic rings. The zero-order valence-corrected chi connectivity index (χ0v) is 10.9. The number of hydrogen-bond acceptors (Lipinski definition) is 3. The van der Waals surface area contributed by atoms with Crippen LogP contribution in [0.25, 0.3) is 0 Å². The molecule has 0 aliphatic carbocycles. The summed E-state index contributed by atoms with van der Waals surface area (Å²) < 4.78 is 5.25. The first-order valence-corrected chi connectivity index (χ1v) is 6.38. The Bertz CT molecular complexity index is 551. The van der Waals surface area contributed by atoms with Crippen molar-refractivity contribution in [3.8, 4) is 0 Å². The smallest absolute Gasteiger partial charge is 0.299 e. The number of imidazole rings is 1. The molecule has 0 fully saturated rings. The molecule has 0 N–H and O–H groups in total. The summed E-state index contributed by atoms with van der Waals surface area (Å²) in [5, 5.41) is 4.16. The summed E-state index contributed by atoms with van der Waals surface area (Å²) in [5.74, 6) is 0.827. The predicted octanol–water partition coefficient (Wildman–Crippen LogP) is 1.11. The lowest BCUT2D eigenvalue weighted by Crippen LogP contribution is -2.25. The Morgan fingerprint density at radius 3 is 2.56 bits per heavy atom. The van der Waals surface area contributed by atoms with Crippen LogP contribution >= 0.6 is 0 Å². The number of rotatable bonds is 6. The third kappa shape index (κ3) is 2.52. The molecule has 0 bridgehead atoms. The second-order valence-corrected chi connectivity index (χ2v) is 4.30. The van der Waals surface area contributed by atoms with Gasteiger partial charge in [0, 0.05) is 25.5 Å². The molecule has 18 heavy (non-hydrogen) atoms. The molecule has 6 heteroatoms. The average molecular weight is 249 g/mol. The molecule has 2 heterocycles. The van der Waals surface area contributed by atoms with Gasteiger partial charge in [0.2, 0.25) is 0 Å². The van der Waals surface area contributed by atoms with E-state index in [1.54, 1.807) is 15.5 Å². The van der Waals surface area contributed by atoms with E-state index in [9.17, 15) is 4.79 Å². The van der Waals surface area contributed by atoms with Gasteiger partial charge in [-0.05, 0) is 12.8 Å². The highest BCUT2D eigenvalue weighted by Crippen LogP contribution is 1.99. The Morgan fingerprint density at radius 1 is 1.11 bits per heavy atom. The van der Waals surface area contributed by atoms with Gasteiger partial charge in [-0.3, -0.25) is 9.13 Å². The number of hydrogen-bond donors (Lipinski definition) is 0. The predicted molar refractivity (Wildman–Crippen MR) is 68.4 cm³/mol. The van der Waals surface area contributed by atoms with Crippen molar-refractivity contribution >= 4 is 0 Å². The van der Waals surface area contributed by atoms with Gasteiger partial charge in [-0.2, -0.15) is 5.10 Å². The average Bonchev–Trinajstić information content (AvgIpc) is 2.92. The van der Waals surface area contributed by atoms with Crippen molar-refractivity contribution in [2.75, 3.05) is 0 Å². The summed E-state index contributed by atoms with van der Waals surface area (Å²) >= 11 is 0. The minimum atomic E-state index is 0.0166. The van der Waals surface area contributed by atoms with Gasteiger partial charge in [-0.15, -0.1) is 0 Å². The maximum absolute atomic E-state index is 12.0. The van der Waals surface area contributed by atoms with E-state index in [1.165, 1.54) is 0 Å². The van der Waals surface area contributed by atoms with Crippen LogP contribution in [-0.2, 0) is 19.6 Å². The molecule has 0 aromatic carbocycles. The molecule has 2 aromatic heterocycles. The Kier molecular flexibility index (Phi) is 3.96. The molecule has 6 nitrogen and oxygen atoms in total. The summed E-state index contributed by atoms with van der Waals surface area (Å²) in [4.78, 5) is 16.2. The van der Waals surface area contributed by atoms with Gasteiger partial charge in [0.1, 0.15) is 12.2 Å². The molecule has 98 valence electrons. The van der Waals surface area contributed by atoms with Crippen LogP contribution < -0.4 is 5.69 Å². The molecule has 0 saturated carbocycles. The van der Waals surface area contributed by atoms with Crippen LogP contribution in [0.2, 0.25) is 0 Å². The molecule has 0 amide bonds. The van der Waals surface area contributed by atoms with Crippen molar-refractivity contribution in [1.29, 1.82) is 0 Å². The maximum Gasteiger partial charge on any atom is 0.328 e. The highest BCUT2D eigenvalue weighted by atomic mass is 16.1. The van der Waals surface area contributed by atoms with E-state index >= 15 is 0 Å². The zero-order chi connectivity index (χ0) is 13.0. The molecule has 0 atom stereocenters. The van der Waals surface area contributed by atoms with E-state index in [4.69, 9.17) is 0 Å². The summed E-state index contributed by atoms with van der Waals surface area (Å²) in [5.41, 5.74) is 0.0166. The second-order valence-electron chi connectivity index (χ2n) is 4.30. The van der Waals surface area contributed by atoms with Crippen molar-refractivity contribution in [2.45, 2.75) is 46.3 Å². The normalized spacial score (nSPS) is 11.0. The SMILES string of the molecule is CCCn1ncnc1Cn1ccn(CCC)c1=O. The van der Waals surface area contributed by atoms with Crippen LogP contribution in [0.5, 0.6) is 0 Å². The summed E-state index contributed by atoms with van der Waals surface area (Å²) in [6.07, 6.45) is 7.13. The van der Waals surface area contributed by atoms with Gasteiger partial charge in [-0.1, -0.05) is 13.8 Å². The van der Waals surface area contributed by atoms with Crippen LogP contribution in [0.15, 0.2) is 23.5 Å². The molecular formula is C12H19N5O. The van der Waals surface area contributed by atoms with E-state index in [0.717, 1.165) is 31.8 Å². The summed E-state index contributed by atoms with van der Waals surface area (Å²) in [6.45, 7) is 6.22. The van der Waals surface area contributed by atoms with Gasteiger partial charge in [0.25, 0.3) is 0 Å². The van der Waals surface area contributed by atoms with E-state index in [-0.39, 0.29) is 5.69 Å². The third-order valence-electron chi connectivity index (χ3n) is 2.83. The molecule has 2 aromatic rings. The Labute approximate surface area is 106 Å². The van der Waals surface area contributed by atoms with E-state index in [2.05, 4.69) is 23.9 Å². The molecular weight excluding hydrogens is 230 g/mol. The van der Waals surface area contributed by atoms with Gasteiger partial charge >= 0.3 is 5.69 Å². The van der Waals surface area contributed by atoms with Crippen LogP contribution in [0.3, 0.4) is 0 Å². The largest absolute Gasteiger partial charge is 0.328 e. The standard InChI is InChI=1S/C12H19N5O/c1-3-5-15-7-8-16(12(15)18)9-11-13-10-14-17(11)6-4-2/h7-8,10H,3-6,9H2,1-2H3. The third-order valence-corrected chi connectivity index (χ3v) is 2.83. The minimum absolute atomic E-state index is 0.0166. The summed E-state index contributed by atoms with van der Waals surface area (Å²) in [7, 11) is 0. The first-order valence-electron chi connectivity index (χ1n) is 6.38. The van der Waals surface area contributed by atoms with Crippen molar-refractivity contribution in [1.82, 2.24) is 23.9 Å². The fourth-order valence-corrected chi connectivity index (χ4v) is 1.95. The molecule has 0 radical (unpaired) electrons. The number of aryl methyl sites for hydroxylation is 2. The Balaban J connectivity index is 2.18. The van der Waals surface area contributed by atoms with Crippen LogP contribution in [0.1, 0.15) is 32.5 Å². The van der Waals surface area contributed by atoms with Crippen LogP contribution in [-0.4, -0.2) is 23.9 Å². The molecule has 0 saturated heterocycles. The van der Waals surface area contributed by atoms with Gasteiger partial charge in [-0.25, -0.2) is 14.5 Å². The molecule has 2 rings (SSSR count). The zero-order valence-electron chi connectivity index (χ0n) is 10.9. The highest BCUT2D eigenvalue weighted by molar-refractivity contribution is 4.90. The Hall–Kier alpha value is -1.85. The quantitative estimate of drug-likeness (QED) is 0.770. The fraction of sp³-hybridized carbons (Fsp3) is 0.583. The van der Waals surface area contributed by atoms with Gasteiger partial charge in [0.15, 0.2) is 0 Å². The highest BCUT2D eigenvalue weighted by Gasteiger charge is 2.08. The van der Waals surface area contributed by atoms with Crippen molar-refractivity contribution in [2.24, 2.45) is 0 Å². The first kappa shape index (κ1) is 12.6. The Morgan fingerprint density at radius 2 is 1.83 bits per heavy atom.